The zero-order valence-corrected chi connectivity index (χ0v) is 14.4. The molecular formula is C18H23N5O2. The van der Waals surface area contributed by atoms with Gasteiger partial charge in [0.05, 0.1) is 6.54 Å². The van der Waals surface area contributed by atoms with Gasteiger partial charge in [0.15, 0.2) is 5.69 Å². The zero-order chi connectivity index (χ0) is 17.4. The summed E-state index contributed by atoms with van der Waals surface area (Å²) >= 11 is 0. The molecule has 0 unspecified atom stereocenters. The van der Waals surface area contributed by atoms with Crippen LogP contribution < -0.4 is 4.90 Å². The van der Waals surface area contributed by atoms with Crippen LogP contribution in [0.15, 0.2) is 24.4 Å². The van der Waals surface area contributed by atoms with Crippen molar-refractivity contribution in [1.29, 1.82) is 0 Å². The number of carbonyl (C=O) groups is 1. The number of β-amino-alcohol motifs (C(OH)–C–C–N with tert-alkyl or cyclic N) is 1. The second-order valence-electron chi connectivity index (χ2n) is 7.13. The van der Waals surface area contributed by atoms with E-state index in [1.807, 2.05) is 18.2 Å². The molecule has 0 saturated carbocycles. The molecule has 0 radical (unpaired) electrons. The lowest BCUT2D eigenvalue weighted by atomic mass is 10.0. The van der Waals surface area contributed by atoms with Crippen LogP contribution in [0.1, 0.15) is 34.6 Å². The number of likely N-dealkylation sites (N-methyl/N-ethyl adjacent to an activating group) is 1. The van der Waals surface area contributed by atoms with Crippen molar-refractivity contribution in [3.05, 3.63) is 41.3 Å². The predicted molar refractivity (Wildman–Crippen MR) is 93.6 cm³/mol. The number of aliphatic hydroxyl groups is 1. The molecule has 3 heterocycles. The maximum Gasteiger partial charge on any atom is 0.274 e. The number of amides is 1. The van der Waals surface area contributed by atoms with Crippen molar-refractivity contribution in [2.24, 2.45) is 0 Å². The van der Waals surface area contributed by atoms with Gasteiger partial charge in [-0.05, 0) is 37.8 Å². The number of H-pyrrole nitrogens is 1. The average Bonchev–Trinajstić information content (AvgIpc) is 3.30. The average molecular weight is 341 g/mol. The van der Waals surface area contributed by atoms with Crippen LogP contribution in [0.2, 0.25) is 0 Å². The minimum absolute atomic E-state index is 0.121. The van der Waals surface area contributed by atoms with E-state index in [9.17, 15) is 9.90 Å². The first-order valence-electron chi connectivity index (χ1n) is 8.76. The third kappa shape index (κ3) is 3.00. The highest BCUT2D eigenvalue weighted by Gasteiger charge is 2.39. The lowest BCUT2D eigenvalue weighted by Gasteiger charge is -2.29. The topological polar surface area (TPSA) is 85.3 Å². The summed E-state index contributed by atoms with van der Waals surface area (Å²) in [6, 6.07) is 5.75. The van der Waals surface area contributed by atoms with Gasteiger partial charge in [-0.25, -0.2) is 4.98 Å². The number of aromatic nitrogens is 3. The molecule has 1 aliphatic heterocycles. The molecule has 4 rings (SSSR count). The number of aromatic amines is 1. The van der Waals surface area contributed by atoms with Gasteiger partial charge in [-0.2, -0.15) is 5.10 Å². The maximum absolute atomic E-state index is 12.8. The summed E-state index contributed by atoms with van der Waals surface area (Å²) in [6.45, 7) is 1.49. The second kappa shape index (κ2) is 6.15. The lowest BCUT2D eigenvalue weighted by Crippen LogP contribution is -2.46. The van der Waals surface area contributed by atoms with Gasteiger partial charge in [-0.1, -0.05) is 6.07 Å². The number of carbonyl (C=O) groups excluding carboxylic acids is 1. The highest BCUT2D eigenvalue weighted by Crippen LogP contribution is 2.27. The van der Waals surface area contributed by atoms with Gasteiger partial charge in [0.2, 0.25) is 0 Å². The summed E-state index contributed by atoms with van der Waals surface area (Å²) in [7, 11) is 1.74. The lowest BCUT2D eigenvalue weighted by molar-refractivity contribution is 0.0261. The van der Waals surface area contributed by atoms with Crippen molar-refractivity contribution in [1.82, 2.24) is 20.1 Å². The Labute approximate surface area is 146 Å². The monoisotopic (exact) mass is 341 g/mol. The van der Waals surface area contributed by atoms with Crippen molar-refractivity contribution >= 4 is 11.7 Å². The van der Waals surface area contributed by atoms with E-state index < -0.39 is 5.60 Å². The molecule has 0 spiro atoms. The summed E-state index contributed by atoms with van der Waals surface area (Å²) in [5.74, 6) is 0.738. The molecule has 7 nitrogen and oxygen atoms in total. The standard InChI is InChI=1S/C18H23N5O2/c1-22(17(24)16-13-5-4-6-14(13)20-21-16)11-18(25)8-10-23(12-18)15-7-2-3-9-19-15/h2-3,7,9,25H,4-6,8,10-12H2,1H3,(H,20,21)/t18-/m1/s1. The Morgan fingerprint density at radius 2 is 2.32 bits per heavy atom. The number of anilines is 1. The fraction of sp³-hybridized carbons (Fsp3) is 0.500. The molecule has 2 aromatic rings. The molecule has 1 aliphatic carbocycles. The van der Waals surface area contributed by atoms with Crippen molar-refractivity contribution in [2.75, 3.05) is 31.6 Å². The van der Waals surface area contributed by atoms with Crippen LogP contribution in [-0.4, -0.2) is 63.4 Å². The molecule has 0 bridgehead atoms. The van der Waals surface area contributed by atoms with E-state index in [-0.39, 0.29) is 12.5 Å². The van der Waals surface area contributed by atoms with Crippen molar-refractivity contribution in [3.8, 4) is 0 Å². The van der Waals surface area contributed by atoms with Gasteiger partial charge in [0, 0.05) is 37.6 Å². The SMILES string of the molecule is CN(C[C@]1(O)CCN(c2ccccn2)C1)C(=O)c1n[nH]c2c1CCC2. The van der Waals surface area contributed by atoms with Crippen molar-refractivity contribution in [3.63, 3.8) is 0 Å². The predicted octanol–water partition coefficient (Wildman–Crippen LogP) is 1.01. The summed E-state index contributed by atoms with van der Waals surface area (Å²) < 4.78 is 0. The third-order valence-corrected chi connectivity index (χ3v) is 5.19. The van der Waals surface area contributed by atoms with Gasteiger partial charge in [0.1, 0.15) is 11.4 Å². The Morgan fingerprint density at radius 1 is 1.44 bits per heavy atom. The maximum atomic E-state index is 12.8. The van der Waals surface area contributed by atoms with Crippen molar-refractivity contribution < 1.29 is 9.90 Å². The Bertz CT molecular complexity index is 775. The molecule has 2 aromatic heterocycles. The summed E-state index contributed by atoms with van der Waals surface area (Å²) in [5, 5.41) is 18.1. The van der Waals surface area contributed by atoms with Gasteiger partial charge in [0.25, 0.3) is 5.91 Å². The number of hydrogen-bond acceptors (Lipinski definition) is 5. The van der Waals surface area contributed by atoms with Crippen molar-refractivity contribution in [2.45, 2.75) is 31.3 Å². The van der Waals surface area contributed by atoms with Gasteiger partial charge in [-0.3, -0.25) is 9.89 Å². The smallest absolute Gasteiger partial charge is 0.274 e. The normalized spacial score (nSPS) is 22.2. The van der Waals surface area contributed by atoms with Gasteiger partial charge < -0.3 is 14.9 Å². The molecule has 2 aliphatic rings. The van der Waals surface area contributed by atoms with Crippen LogP contribution in [0.5, 0.6) is 0 Å². The Hall–Kier alpha value is -2.41. The first kappa shape index (κ1) is 16.1. The fourth-order valence-corrected chi connectivity index (χ4v) is 3.91. The molecule has 1 amide bonds. The largest absolute Gasteiger partial charge is 0.386 e. The Balaban J connectivity index is 1.43. The fourth-order valence-electron chi connectivity index (χ4n) is 3.91. The van der Waals surface area contributed by atoms with Crippen LogP contribution in [0, 0.1) is 0 Å². The summed E-state index contributed by atoms with van der Waals surface area (Å²) in [6.07, 6.45) is 5.29. The quantitative estimate of drug-likeness (QED) is 0.867. The number of hydrogen-bond donors (Lipinski definition) is 2. The highest BCUT2D eigenvalue weighted by atomic mass is 16.3. The number of nitrogens with zero attached hydrogens (tertiary/aromatic N) is 4. The minimum Gasteiger partial charge on any atom is -0.386 e. The molecule has 1 fully saturated rings. The molecular weight excluding hydrogens is 318 g/mol. The third-order valence-electron chi connectivity index (χ3n) is 5.19. The number of aryl methyl sites for hydroxylation is 1. The van der Waals surface area contributed by atoms with Gasteiger partial charge >= 0.3 is 0 Å². The Kier molecular flexibility index (Phi) is 3.95. The number of nitrogens with one attached hydrogen (secondary N) is 1. The zero-order valence-electron chi connectivity index (χ0n) is 14.4. The highest BCUT2D eigenvalue weighted by molar-refractivity contribution is 5.94. The van der Waals surface area contributed by atoms with E-state index in [0.717, 1.165) is 42.9 Å². The van der Waals surface area contributed by atoms with Crippen LogP contribution >= 0.6 is 0 Å². The summed E-state index contributed by atoms with van der Waals surface area (Å²) in [5.41, 5.74) is 1.71. The van der Waals surface area contributed by atoms with Gasteiger partial charge in [-0.15, -0.1) is 0 Å². The number of pyridine rings is 1. The van der Waals surface area contributed by atoms with E-state index in [2.05, 4.69) is 20.1 Å². The van der Waals surface area contributed by atoms with E-state index in [0.29, 0.717) is 18.7 Å². The van der Waals surface area contributed by atoms with E-state index in [4.69, 9.17) is 0 Å². The van der Waals surface area contributed by atoms with Crippen LogP contribution in [0.25, 0.3) is 0 Å². The molecule has 1 saturated heterocycles. The number of rotatable bonds is 4. The van der Waals surface area contributed by atoms with Crippen LogP contribution in [0.3, 0.4) is 0 Å². The molecule has 1 atom stereocenters. The molecule has 25 heavy (non-hydrogen) atoms. The second-order valence-corrected chi connectivity index (χ2v) is 7.13. The van der Waals surface area contributed by atoms with E-state index in [1.54, 1.807) is 18.1 Å². The number of fused-ring (bicyclic) bond motifs is 1. The van der Waals surface area contributed by atoms with Crippen LogP contribution in [0.4, 0.5) is 5.82 Å². The van der Waals surface area contributed by atoms with E-state index in [1.165, 1.54) is 0 Å². The summed E-state index contributed by atoms with van der Waals surface area (Å²) in [4.78, 5) is 20.7. The first-order chi connectivity index (χ1) is 12.1. The van der Waals surface area contributed by atoms with Crippen LogP contribution in [-0.2, 0) is 12.8 Å². The molecule has 2 N–H and O–H groups in total. The first-order valence-corrected chi connectivity index (χ1v) is 8.76. The minimum atomic E-state index is -0.929. The molecule has 132 valence electrons. The molecule has 7 heteroatoms. The Morgan fingerprint density at radius 3 is 3.12 bits per heavy atom. The molecule has 0 aromatic carbocycles. The van der Waals surface area contributed by atoms with E-state index >= 15 is 0 Å².